The van der Waals surface area contributed by atoms with Gasteiger partial charge in [-0.2, -0.15) is 13.5 Å². The Balaban J connectivity index is 1.71. The molecule has 8 nitrogen and oxygen atoms in total. The van der Waals surface area contributed by atoms with Gasteiger partial charge in [-0.05, 0) is 60.2 Å². The van der Waals surface area contributed by atoms with Gasteiger partial charge in [-0.15, -0.1) is 0 Å². The van der Waals surface area contributed by atoms with E-state index in [0.29, 0.717) is 11.1 Å². The van der Waals surface area contributed by atoms with Crippen molar-refractivity contribution in [3.05, 3.63) is 82.6 Å². The molecule has 0 saturated carbocycles. The molecule has 0 radical (unpaired) electrons. The van der Waals surface area contributed by atoms with E-state index in [4.69, 9.17) is 9.47 Å². The van der Waals surface area contributed by atoms with Crippen molar-refractivity contribution in [1.82, 2.24) is 9.82 Å². The normalized spacial score (nSPS) is 11.3. The molecule has 2 aromatic carbocycles. The average molecular weight is 490 g/mol. The van der Waals surface area contributed by atoms with Gasteiger partial charge in [-0.3, -0.25) is 4.98 Å². The summed E-state index contributed by atoms with van der Waals surface area (Å²) in [6.45, 7) is 0. The number of halogens is 1. The highest BCUT2D eigenvalue weighted by Crippen LogP contribution is 2.28. The number of methoxy groups -OCH3 is 1. The minimum absolute atomic E-state index is 0.0816. The van der Waals surface area contributed by atoms with Crippen molar-refractivity contribution in [3.63, 3.8) is 0 Å². The number of nitrogens with zero attached hydrogens (tertiary/aromatic N) is 2. The molecular formula is C20H16BrN3O5S. The second-order valence-electron chi connectivity index (χ2n) is 5.85. The lowest BCUT2D eigenvalue weighted by Gasteiger charge is -2.10. The van der Waals surface area contributed by atoms with Crippen molar-refractivity contribution < 1.29 is 22.7 Å². The number of rotatable bonds is 7. The third-order valence-electron chi connectivity index (χ3n) is 3.80. The summed E-state index contributed by atoms with van der Waals surface area (Å²) in [5, 5.41) is 3.78. The van der Waals surface area contributed by atoms with Gasteiger partial charge in [0, 0.05) is 16.9 Å². The zero-order valence-corrected chi connectivity index (χ0v) is 18.1. The van der Waals surface area contributed by atoms with Crippen LogP contribution in [-0.2, 0) is 10.0 Å². The molecule has 3 aromatic rings. The minimum Gasteiger partial charge on any atom is -0.493 e. The van der Waals surface area contributed by atoms with Gasteiger partial charge in [-0.1, -0.05) is 15.9 Å². The van der Waals surface area contributed by atoms with Gasteiger partial charge in [0.05, 0.1) is 23.8 Å². The zero-order valence-electron chi connectivity index (χ0n) is 15.7. The van der Waals surface area contributed by atoms with Gasteiger partial charge in [0.1, 0.15) is 0 Å². The average Bonchev–Trinajstić information content (AvgIpc) is 2.75. The molecule has 1 aromatic heterocycles. The number of hydrogen-bond acceptors (Lipinski definition) is 7. The summed E-state index contributed by atoms with van der Waals surface area (Å²) in [6.07, 6.45) is 4.26. The lowest BCUT2D eigenvalue weighted by molar-refractivity contribution is 0.0729. The Morgan fingerprint density at radius 2 is 1.90 bits per heavy atom. The van der Waals surface area contributed by atoms with Crippen molar-refractivity contribution in [2.45, 2.75) is 4.90 Å². The van der Waals surface area contributed by atoms with E-state index in [1.54, 1.807) is 42.6 Å². The van der Waals surface area contributed by atoms with Crippen LogP contribution in [0.1, 0.15) is 15.9 Å². The molecule has 0 amide bonds. The summed E-state index contributed by atoms with van der Waals surface area (Å²) in [5.41, 5.74) is 0.832. The lowest BCUT2D eigenvalue weighted by atomic mass is 10.2. The Morgan fingerprint density at radius 1 is 1.13 bits per heavy atom. The summed E-state index contributed by atoms with van der Waals surface area (Å²) < 4.78 is 35.8. The number of pyridine rings is 1. The summed E-state index contributed by atoms with van der Waals surface area (Å²) in [6, 6.07) is 14.0. The highest BCUT2D eigenvalue weighted by molar-refractivity contribution is 9.10. The molecule has 0 saturated heterocycles. The van der Waals surface area contributed by atoms with E-state index in [9.17, 15) is 13.2 Å². The van der Waals surface area contributed by atoms with E-state index < -0.39 is 16.0 Å². The number of benzene rings is 2. The van der Waals surface area contributed by atoms with Gasteiger partial charge in [0.25, 0.3) is 10.0 Å². The van der Waals surface area contributed by atoms with E-state index >= 15 is 0 Å². The molecule has 154 valence electrons. The highest BCUT2D eigenvalue weighted by atomic mass is 79.9. The van der Waals surface area contributed by atoms with Gasteiger partial charge in [0.2, 0.25) is 0 Å². The zero-order chi connectivity index (χ0) is 21.6. The second-order valence-corrected chi connectivity index (χ2v) is 8.42. The van der Waals surface area contributed by atoms with Crippen molar-refractivity contribution in [3.8, 4) is 11.5 Å². The Kier molecular flexibility index (Phi) is 6.80. The third kappa shape index (κ3) is 5.43. The molecule has 0 aliphatic rings. The fraction of sp³-hybridized carbons (Fsp3) is 0.0500. The Morgan fingerprint density at radius 3 is 2.57 bits per heavy atom. The molecule has 3 rings (SSSR count). The summed E-state index contributed by atoms with van der Waals surface area (Å²) in [4.78, 5) is 18.3. The highest BCUT2D eigenvalue weighted by Gasteiger charge is 2.14. The van der Waals surface area contributed by atoms with Crippen LogP contribution in [-0.4, -0.2) is 32.7 Å². The van der Waals surface area contributed by atoms with Gasteiger partial charge >= 0.3 is 5.97 Å². The predicted octanol–water partition coefficient (Wildman–Crippen LogP) is 3.38. The molecule has 0 bridgehead atoms. The number of aromatic nitrogens is 1. The van der Waals surface area contributed by atoms with Crippen molar-refractivity contribution in [1.29, 1.82) is 0 Å². The van der Waals surface area contributed by atoms with Crippen molar-refractivity contribution in [2.24, 2.45) is 5.10 Å². The first-order chi connectivity index (χ1) is 14.4. The fourth-order valence-electron chi connectivity index (χ4n) is 2.33. The van der Waals surface area contributed by atoms with Crippen LogP contribution in [0.5, 0.6) is 11.5 Å². The van der Waals surface area contributed by atoms with Crippen LogP contribution in [0.4, 0.5) is 0 Å². The number of carbonyl (C=O) groups excluding carboxylic acids is 1. The molecule has 1 heterocycles. The maximum atomic E-state index is 12.2. The fourth-order valence-corrected chi connectivity index (χ4v) is 3.38. The number of hydrazone groups is 1. The molecule has 0 fully saturated rings. The SMILES string of the molecule is COc1cc(C=NNS(=O)(=O)c2ccc(Br)cc2)ccc1OC(=O)c1cccnc1. The van der Waals surface area contributed by atoms with Crippen LogP contribution in [0.25, 0.3) is 0 Å². The second kappa shape index (κ2) is 9.51. The van der Waals surface area contributed by atoms with Crippen molar-refractivity contribution in [2.75, 3.05) is 7.11 Å². The molecule has 0 aliphatic carbocycles. The maximum Gasteiger partial charge on any atom is 0.345 e. The predicted molar refractivity (Wildman–Crippen MR) is 114 cm³/mol. The molecule has 0 atom stereocenters. The largest absolute Gasteiger partial charge is 0.493 e. The van der Waals surface area contributed by atoms with E-state index in [1.165, 1.54) is 37.7 Å². The molecule has 0 aliphatic heterocycles. The minimum atomic E-state index is -3.79. The molecule has 1 N–H and O–H groups in total. The van der Waals surface area contributed by atoms with Crippen LogP contribution >= 0.6 is 15.9 Å². The molecular weight excluding hydrogens is 474 g/mol. The molecule has 0 spiro atoms. The first-order valence-electron chi connectivity index (χ1n) is 8.50. The van der Waals surface area contributed by atoms with Gasteiger partial charge in [-0.25, -0.2) is 9.63 Å². The van der Waals surface area contributed by atoms with Gasteiger partial charge < -0.3 is 9.47 Å². The monoisotopic (exact) mass is 489 g/mol. The summed E-state index contributed by atoms with van der Waals surface area (Å²) in [5.74, 6) is -0.0871. The van der Waals surface area contributed by atoms with E-state index in [1.807, 2.05) is 0 Å². The van der Waals surface area contributed by atoms with Crippen LogP contribution in [0, 0.1) is 0 Å². The molecule has 10 heteroatoms. The lowest BCUT2D eigenvalue weighted by Crippen LogP contribution is -2.18. The quantitative estimate of drug-likeness (QED) is 0.236. The van der Waals surface area contributed by atoms with Gasteiger partial charge in [0.15, 0.2) is 11.5 Å². The van der Waals surface area contributed by atoms with E-state index in [0.717, 1.165) is 4.47 Å². The summed E-state index contributed by atoms with van der Waals surface area (Å²) >= 11 is 3.25. The Bertz CT molecular complexity index is 1170. The third-order valence-corrected chi connectivity index (χ3v) is 5.57. The number of esters is 1. The van der Waals surface area contributed by atoms with Crippen LogP contribution in [0.3, 0.4) is 0 Å². The van der Waals surface area contributed by atoms with E-state index in [-0.39, 0.29) is 16.4 Å². The number of carbonyl (C=O) groups is 1. The maximum absolute atomic E-state index is 12.2. The first-order valence-corrected chi connectivity index (χ1v) is 10.8. The van der Waals surface area contributed by atoms with Crippen LogP contribution < -0.4 is 14.3 Å². The molecule has 30 heavy (non-hydrogen) atoms. The van der Waals surface area contributed by atoms with Crippen molar-refractivity contribution >= 4 is 38.1 Å². The Labute approximate surface area is 181 Å². The smallest absolute Gasteiger partial charge is 0.345 e. The number of ether oxygens (including phenoxy) is 2. The number of nitrogens with one attached hydrogen (secondary N) is 1. The Hall–Kier alpha value is -3.24. The topological polar surface area (TPSA) is 107 Å². The van der Waals surface area contributed by atoms with Crippen LogP contribution in [0.2, 0.25) is 0 Å². The summed E-state index contributed by atoms with van der Waals surface area (Å²) in [7, 11) is -2.37. The standard InChI is InChI=1S/C20H16BrN3O5S/c1-28-19-11-14(4-9-18(19)29-20(25)15-3-2-10-22-13-15)12-23-24-30(26,27)17-7-5-16(21)6-8-17/h2-13,24H,1H3. The number of sulfonamides is 1. The molecule has 0 unspecified atom stereocenters. The van der Waals surface area contributed by atoms with E-state index in [2.05, 4.69) is 30.8 Å². The number of hydrogen-bond donors (Lipinski definition) is 1. The first kappa shape index (κ1) is 21.5. The van der Waals surface area contributed by atoms with Crippen LogP contribution in [0.15, 0.2) is 81.5 Å².